The van der Waals surface area contributed by atoms with Crippen LogP contribution in [0.1, 0.15) is 17.5 Å². The van der Waals surface area contributed by atoms with E-state index in [0.717, 1.165) is 22.1 Å². The molecule has 2 aromatic carbocycles. The van der Waals surface area contributed by atoms with E-state index >= 15 is 0 Å². The maximum absolute atomic E-state index is 13.1. The Hall–Kier alpha value is -3.95. The molecule has 1 aliphatic heterocycles. The number of aryl methyl sites for hydroxylation is 1. The highest BCUT2D eigenvalue weighted by atomic mass is 16.6. The van der Waals surface area contributed by atoms with Crippen molar-refractivity contribution in [2.75, 3.05) is 19.0 Å². The lowest BCUT2D eigenvalue weighted by Crippen LogP contribution is -2.43. The van der Waals surface area contributed by atoms with E-state index in [1.807, 2.05) is 12.1 Å². The number of methoxy groups -OCH3 is 1. The van der Waals surface area contributed by atoms with Crippen molar-refractivity contribution in [3.8, 4) is 5.75 Å². The minimum atomic E-state index is -1.16. The summed E-state index contributed by atoms with van der Waals surface area (Å²) in [5.74, 6) is -0.952. The van der Waals surface area contributed by atoms with Crippen LogP contribution in [-0.4, -0.2) is 41.3 Å². The van der Waals surface area contributed by atoms with Gasteiger partial charge in [-0.1, -0.05) is 24.3 Å². The van der Waals surface area contributed by atoms with E-state index in [4.69, 9.17) is 4.74 Å². The molecule has 4 amide bonds. The van der Waals surface area contributed by atoms with Crippen molar-refractivity contribution in [2.24, 2.45) is 0 Å². The lowest BCUT2D eigenvalue weighted by Gasteiger charge is -2.22. The first-order valence-electron chi connectivity index (χ1n) is 9.20. The molecule has 154 valence electrons. The molecule has 1 heterocycles. The molecule has 10 nitrogen and oxygen atoms in total. The summed E-state index contributed by atoms with van der Waals surface area (Å²) in [6, 6.07) is 10.5. The number of nitrogens with one attached hydrogen (secondary N) is 2. The molecule has 2 N–H and O–H groups in total. The van der Waals surface area contributed by atoms with Gasteiger partial charge in [-0.05, 0) is 30.0 Å². The van der Waals surface area contributed by atoms with Crippen molar-refractivity contribution < 1.29 is 24.0 Å². The van der Waals surface area contributed by atoms with E-state index in [1.54, 1.807) is 12.1 Å². The van der Waals surface area contributed by atoms with Gasteiger partial charge in [-0.3, -0.25) is 24.6 Å². The van der Waals surface area contributed by atoms with Gasteiger partial charge in [-0.2, -0.15) is 0 Å². The zero-order valence-electron chi connectivity index (χ0n) is 16.0. The molecule has 0 radical (unpaired) electrons. The molecule has 1 saturated heterocycles. The zero-order chi connectivity index (χ0) is 21.5. The number of hydrogen-bond acceptors (Lipinski definition) is 6. The van der Waals surface area contributed by atoms with Crippen LogP contribution in [0.3, 0.4) is 0 Å². The van der Waals surface area contributed by atoms with E-state index in [2.05, 4.69) is 10.6 Å². The Morgan fingerprint density at radius 2 is 2.07 bits per heavy atom. The Bertz CT molecular complexity index is 1080. The Labute approximate surface area is 171 Å². The third-order valence-electron chi connectivity index (χ3n) is 5.39. The first-order valence-corrected chi connectivity index (χ1v) is 9.20. The summed E-state index contributed by atoms with van der Waals surface area (Å²) in [5, 5.41) is 16.2. The highest BCUT2D eigenvalue weighted by Gasteiger charge is 2.55. The molecule has 30 heavy (non-hydrogen) atoms. The molecule has 4 rings (SSSR count). The lowest BCUT2D eigenvalue weighted by atomic mass is 9.92. The predicted molar refractivity (Wildman–Crippen MR) is 105 cm³/mol. The monoisotopic (exact) mass is 410 g/mol. The first-order chi connectivity index (χ1) is 14.4. The highest BCUT2D eigenvalue weighted by Crippen LogP contribution is 2.41. The van der Waals surface area contributed by atoms with Crippen molar-refractivity contribution >= 4 is 29.2 Å². The molecule has 1 atom stereocenters. The second kappa shape index (κ2) is 7.14. The van der Waals surface area contributed by atoms with Crippen LogP contribution >= 0.6 is 0 Å². The van der Waals surface area contributed by atoms with Crippen LogP contribution in [-0.2, 0) is 21.5 Å². The molecular formula is C20H18N4O6. The number of nitro groups is 1. The molecule has 2 aromatic rings. The van der Waals surface area contributed by atoms with Crippen LogP contribution in [0.15, 0.2) is 42.5 Å². The molecule has 0 saturated carbocycles. The molecule has 10 heteroatoms. The van der Waals surface area contributed by atoms with Crippen LogP contribution in [0.2, 0.25) is 0 Å². The lowest BCUT2D eigenvalue weighted by molar-refractivity contribution is -0.384. The highest BCUT2D eigenvalue weighted by molar-refractivity contribution is 6.11. The van der Waals surface area contributed by atoms with Gasteiger partial charge in [0, 0.05) is 12.1 Å². The predicted octanol–water partition coefficient (Wildman–Crippen LogP) is 1.94. The van der Waals surface area contributed by atoms with Gasteiger partial charge in [-0.15, -0.1) is 0 Å². The number of carbonyl (C=O) groups excluding carboxylic acids is 3. The molecule has 1 spiro atoms. The number of benzene rings is 2. The van der Waals surface area contributed by atoms with Gasteiger partial charge in [0.1, 0.15) is 17.8 Å². The summed E-state index contributed by atoms with van der Waals surface area (Å²) in [5.41, 5.74) is 0.412. The average molecular weight is 410 g/mol. The number of rotatable bonds is 5. The molecule has 0 bridgehead atoms. The number of hydrogen-bond donors (Lipinski definition) is 2. The summed E-state index contributed by atoms with van der Waals surface area (Å²) < 4.78 is 5.11. The number of urea groups is 1. The molecule has 0 aromatic heterocycles. The molecule has 0 unspecified atom stereocenters. The number of anilines is 1. The molecule has 1 fully saturated rings. The van der Waals surface area contributed by atoms with E-state index in [-0.39, 0.29) is 17.1 Å². The third-order valence-corrected chi connectivity index (χ3v) is 5.39. The van der Waals surface area contributed by atoms with E-state index in [1.165, 1.54) is 19.2 Å². The summed E-state index contributed by atoms with van der Waals surface area (Å²) in [6.07, 6.45) is 1.07. The fraction of sp³-hybridized carbons (Fsp3) is 0.250. The van der Waals surface area contributed by atoms with Crippen molar-refractivity contribution in [3.05, 3.63) is 63.7 Å². The quantitative estimate of drug-likeness (QED) is 0.440. The topological polar surface area (TPSA) is 131 Å². The normalized spacial score (nSPS) is 19.6. The maximum atomic E-state index is 13.1. The van der Waals surface area contributed by atoms with Gasteiger partial charge in [0.2, 0.25) is 5.91 Å². The smallest absolute Gasteiger partial charge is 0.325 e. The number of nitrogens with zero attached hydrogens (tertiary/aromatic N) is 2. The Kier molecular flexibility index (Phi) is 4.61. The second-order valence-electron chi connectivity index (χ2n) is 7.07. The Morgan fingerprint density at radius 1 is 1.30 bits per heavy atom. The number of imide groups is 1. The number of nitro benzene ring substituents is 1. The second-order valence-corrected chi connectivity index (χ2v) is 7.07. The SMILES string of the molecule is COc1ccc([N+](=O)[O-])cc1NC(=O)CN1C(=O)N[C@@]2(CCc3ccccc32)C1=O. The summed E-state index contributed by atoms with van der Waals surface area (Å²) in [6.45, 7) is -0.527. The van der Waals surface area contributed by atoms with Gasteiger partial charge in [-0.25, -0.2) is 4.79 Å². The van der Waals surface area contributed by atoms with E-state index in [9.17, 15) is 24.5 Å². The summed E-state index contributed by atoms with van der Waals surface area (Å²) in [4.78, 5) is 49.4. The zero-order valence-corrected chi connectivity index (χ0v) is 16.0. The number of non-ortho nitro benzene ring substituents is 1. The molecule has 2 aliphatic rings. The van der Waals surface area contributed by atoms with Crippen LogP contribution in [0, 0.1) is 10.1 Å². The number of carbonyl (C=O) groups is 3. The van der Waals surface area contributed by atoms with E-state index < -0.39 is 34.9 Å². The average Bonchev–Trinajstić information content (AvgIpc) is 3.21. The molecular weight excluding hydrogens is 392 g/mol. The fourth-order valence-electron chi connectivity index (χ4n) is 3.97. The Balaban J connectivity index is 1.54. The Morgan fingerprint density at radius 3 is 2.80 bits per heavy atom. The van der Waals surface area contributed by atoms with Crippen LogP contribution in [0.4, 0.5) is 16.2 Å². The fourth-order valence-corrected chi connectivity index (χ4v) is 3.97. The van der Waals surface area contributed by atoms with Gasteiger partial charge in [0.05, 0.1) is 17.7 Å². The largest absolute Gasteiger partial charge is 0.495 e. The minimum absolute atomic E-state index is 0.0738. The van der Waals surface area contributed by atoms with Crippen molar-refractivity contribution in [3.63, 3.8) is 0 Å². The third kappa shape index (κ3) is 3.02. The molecule has 1 aliphatic carbocycles. The van der Waals surface area contributed by atoms with Crippen molar-refractivity contribution in [1.29, 1.82) is 0 Å². The van der Waals surface area contributed by atoms with Crippen molar-refractivity contribution in [1.82, 2.24) is 10.2 Å². The van der Waals surface area contributed by atoms with Crippen LogP contribution in [0.5, 0.6) is 5.75 Å². The van der Waals surface area contributed by atoms with Crippen LogP contribution in [0.25, 0.3) is 0 Å². The standard InChI is InChI=1S/C20H18N4O6/c1-30-16-7-6-13(24(28)29)10-15(16)21-17(25)11-23-18(26)20(22-19(23)27)9-8-12-4-2-3-5-14(12)20/h2-7,10H,8-9,11H2,1H3,(H,21,25)(H,22,27)/t20-/m1/s1. The van der Waals surface area contributed by atoms with Crippen molar-refractivity contribution in [2.45, 2.75) is 18.4 Å². The van der Waals surface area contributed by atoms with Gasteiger partial charge in [0.25, 0.3) is 11.6 Å². The van der Waals surface area contributed by atoms with Gasteiger partial charge in [0.15, 0.2) is 0 Å². The minimum Gasteiger partial charge on any atom is -0.495 e. The van der Waals surface area contributed by atoms with Gasteiger partial charge < -0.3 is 15.4 Å². The number of ether oxygens (including phenoxy) is 1. The number of fused-ring (bicyclic) bond motifs is 2. The first kappa shape index (κ1) is 19.4. The summed E-state index contributed by atoms with van der Waals surface area (Å²) >= 11 is 0. The van der Waals surface area contributed by atoms with Gasteiger partial charge >= 0.3 is 6.03 Å². The summed E-state index contributed by atoms with van der Waals surface area (Å²) in [7, 11) is 1.36. The van der Waals surface area contributed by atoms with E-state index in [0.29, 0.717) is 12.8 Å². The van der Waals surface area contributed by atoms with Crippen LogP contribution < -0.4 is 15.4 Å². The maximum Gasteiger partial charge on any atom is 0.325 e. The number of amides is 4.